The van der Waals surface area contributed by atoms with Crippen molar-refractivity contribution < 1.29 is 14.6 Å². The number of phenolic OH excluding ortho intramolecular Hbond substituents is 1. The Bertz CT molecular complexity index is 870. The van der Waals surface area contributed by atoms with Crippen LogP contribution in [0.5, 0.6) is 11.5 Å². The minimum Gasteiger partial charge on any atom is -0.508 e. The van der Waals surface area contributed by atoms with Crippen molar-refractivity contribution in [2.75, 3.05) is 19.8 Å². The Balaban J connectivity index is 2.00. The Morgan fingerprint density at radius 1 is 1.05 bits per heavy atom. The van der Waals surface area contributed by atoms with Crippen molar-refractivity contribution in [3.05, 3.63) is 46.6 Å². The van der Waals surface area contributed by atoms with Crippen LogP contribution in [0.1, 0.15) is 6.92 Å². The lowest BCUT2D eigenvalue weighted by atomic mass is 10.2. The van der Waals surface area contributed by atoms with Gasteiger partial charge in [-0.3, -0.25) is 4.79 Å². The first kappa shape index (κ1) is 14.8. The molecule has 0 unspecified atom stereocenters. The van der Waals surface area contributed by atoms with E-state index in [1.165, 1.54) is 17.4 Å². The fourth-order valence-corrected chi connectivity index (χ4v) is 3.41. The first-order valence-electron chi connectivity index (χ1n) is 7.09. The summed E-state index contributed by atoms with van der Waals surface area (Å²) in [4.78, 5) is 12.5. The lowest BCUT2D eigenvalue weighted by molar-refractivity contribution is 0.110. The first-order chi connectivity index (χ1) is 10.7. The van der Waals surface area contributed by atoms with E-state index in [4.69, 9.17) is 9.47 Å². The Kier molecular flexibility index (Phi) is 4.27. The number of phenols is 1. The van der Waals surface area contributed by atoms with Crippen LogP contribution in [0.2, 0.25) is 0 Å². The summed E-state index contributed by atoms with van der Waals surface area (Å²) >= 11 is 1.47. The van der Waals surface area contributed by atoms with E-state index >= 15 is 0 Å². The van der Waals surface area contributed by atoms with Crippen LogP contribution >= 0.6 is 11.3 Å². The molecule has 2 aromatic carbocycles. The van der Waals surface area contributed by atoms with Gasteiger partial charge in [0.1, 0.15) is 18.1 Å². The van der Waals surface area contributed by atoms with Crippen molar-refractivity contribution in [1.29, 1.82) is 0 Å². The summed E-state index contributed by atoms with van der Waals surface area (Å²) in [6, 6.07) is 10.3. The molecule has 1 N–H and O–H groups in total. The second-order valence-corrected chi connectivity index (χ2v) is 5.90. The summed E-state index contributed by atoms with van der Waals surface area (Å²) in [5.41, 5.74) is -0.0235. The van der Waals surface area contributed by atoms with Crippen LogP contribution in [0.4, 0.5) is 0 Å². The maximum Gasteiger partial charge on any atom is 0.195 e. The van der Waals surface area contributed by atoms with Crippen LogP contribution < -0.4 is 10.2 Å². The van der Waals surface area contributed by atoms with Crippen molar-refractivity contribution in [2.45, 2.75) is 6.92 Å². The minimum absolute atomic E-state index is 0.0235. The van der Waals surface area contributed by atoms with Crippen molar-refractivity contribution >= 4 is 31.5 Å². The minimum atomic E-state index is -0.0235. The van der Waals surface area contributed by atoms with E-state index in [0.717, 1.165) is 9.40 Å². The zero-order chi connectivity index (χ0) is 15.5. The monoisotopic (exact) mass is 316 g/mol. The SMILES string of the molecule is CCOCCOc1ccc2c(=O)c3ccc(O)cc3sc2c1. The van der Waals surface area contributed by atoms with Gasteiger partial charge in [0.25, 0.3) is 0 Å². The van der Waals surface area contributed by atoms with Crippen LogP contribution in [0.25, 0.3) is 20.2 Å². The molecule has 0 aliphatic carbocycles. The van der Waals surface area contributed by atoms with E-state index < -0.39 is 0 Å². The van der Waals surface area contributed by atoms with Gasteiger partial charge in [0, 0.05) is 26.8 Å². The van der Waals surface area contributed by atoms with Crippen molar-refractivity contribution in [3.63, 3.8) is 0 Å². The quantitative estimate of drug-likeness (QED) is 0.578. The molecule has 0 fully saturated rings. The summed E-state index contributed by atoms with van der Waals surface area (Å²) in [5.74, 6) is 0.869. The van der Waals surface area contributed by atoms with E-state index in [-0.39, 0.29) is 11.2 Å². The Morgan fingerprint density at radius 2 is 1.77 bits per heavy atom. The second kappa shape index (κ2) is 6.34. The standard InChI is InChI=1S/C17H16O4S/c1-2-20-7-8-21-12-4-6-14-16(10-12)22-15-9-11(18)3-5-13(15)17(14)19/h3-6,9-10,18H,2,7-8H2,1H3. The fourth-order valence-electron chi connectivity index (χ4n) is 2.27. The van der Waals surface area contributed by atoms with E-state index in [0.29, 0.717) is 36.3 Å². The number of hydrogen-bond donors (Lipinski definition) is 1. The van der Waals surface area contributed by atoms with Gasteiger partial charge in [-0.15, -0.1) is 11.3 Å². The third kappa shape index (κ3) is 2.91. The highest BCUT2D eigenvalue weighted by molar-refractivity contribution is 7.24. The highest BCUT2D eigenvalue weighted by atomic mass is 32.1. The molecule has 0 saturated heterocycles. The van der Waals surface area contributed by atoms with E-state index in [1.807, 2.05) is 13.0 Å². The predicted molar refractivity (Wildman–Crippen MR) is 89.3 cm³/mol. The normalized spacial score (nSPS) is 11.1. The molecule has 22 heavy (non-hydrogen) atoms. The molecule has 0 saturated carbocycles. The molecule has 0 spiro atoms. The summed E-state index contributed by atoms with van der Waals surface area (Å²) < 4.78 is 12.5. The van der Waals surface area contributed by atoms with Crippen LogP contribution in [0.3, 0.4) is 0 Å². The van der Waals surface area contributed by atoms with Gasteiger partial charge < -0.3 is 14.6 Å². The van der Waals surface area contributed by atoms with Crippen LogP contribution in [-0.4, -0.2) is 24.9 Å². The maximum atomic E-state index is 12.5. The number of rotatable bonds is 5. The Hall–Kier alpha value is -2.11. The van der Waals surface area contributed by atoms with Gasteiger partial charge in [-0.25, -0.2) is 0 Å². The smallest absolute Gasteiger partial charge is 0.195 e. The molecule has 114 valence electrons. The highest BCUT2D eigenvalue weighted by Gasteiger charge is 2.08. The molecule has 1 aromatic heterocycles. The average molecular weight is 316 g/mol. The zero-order valence-electron chi connectivity index (χ0n) is 12.2. The van der Waals surface area contributed by atoms with Gasteiger partial charge in [0.15, 0.2) is 5.43 Å². The number of ether oxygens (including phenoxy) is 2. The zero-order valence-corrected chi connectivity index (χ0v) is 13.0. The summed E-state index contributed by atoms with van der Waals surface area (Å²) in [7, 11) is 0. The average Bonchev–Trinajstić information content (AvgIpc) is 2.51. The Morgan fingerprint density at radius 3 is 2.55 bits per heavy atom. The Labute approximate surface area is 131 Å². The van der Waals surface area contributed by atoms with Crippen molar-refractivity contribution in [1.82, 2.24) is 0 Å². The fraction of sp³-hybridized carbons (Fsp3) is 0.235. The first-order valence-corrected chi connectivity index (χ1v) is 7.91. The van der Waals surface area contributed by atoms with Crippen molar-refractivity contribution in [2.24, 2.45) is 0 Å². The van der Waals surface area contributed by atoms with Crippen LogP contribution in [-0.2, 0) is 4.74 Å². The highest BCUT2D eigenvalue weighted by Crippen LogP contribution is 2.29. The van der Waals surface area contributed by atoms with Gasteiger partial charge in [-0.05, 0) is 43.3 Å². The van der Waals surface area contributed by atoms with Gasteiger partial charge in [-0.2, -0.15) is 0 Å². The van der Waals surface area contributed by atoms with Gasteiger partial charge in [0.2, 0.25) is 0 Å². The van der Waals surface area contributed by atoms with Gasteiger partial charge in [-0.1, -0.05) is 0 Å². The van der Waals surface area contributed by atoms with E-state index in [2.05, 4.69) is 0 Å². The largest absolute Gasteiger partial charge is 0.508 e. The molecule has 5 heteroatoms. The molecule has 0 atom stereocenters. The lowest BCUT2D eigenvalue weighted by Gasteiger charge is -2.07. The van der Waals surface area contributed by atoms with E-state index in [1.54, 1.807) is 24.3 Å². The number of hydrogen-bond acceptors (Lipinski definition) is 5. The molecule has 1 heterocycles. The summed E-state index contributed by atoms with van der Waals surface area (Å²) in [6.07, 6.45) is 0. The second-order valence-electron chi connectivity index (χ2n) is 4.81. The molecule has 0 aliphatic rings. The maximum absolute atomic E-state index is 12.5. The number of aromatic hydroxyl groups is 1. The molecule has 0 radical (unpaired) electrons. The van der Waals surface area contributed by atoms with Crippen LogP contribution in [0, 0.1) is 0 Å². The molecule has 0 amide bonds. The molecular weight excluding hydrogens is 300 g/mol. The molecule has 0 bridgehead atoms. The van der Waals surface area contributed by atoms with Crippen molar-refractivity contribution in [3.8, 4) is 11.5 Å². The molecular formula is C17H16O4S. The van der Waals surface area contributed by atoms with Gasteiger partial charge >= 0.3 is 0 Å². The summed E-state index contributed by atoms with van der Waals surface area (Å²) in [6.45, 7) is 3.62. The number of fused-ring (bicyclic) bond motifs is 2. The van der Waals surface area contributed by atoms with E-state index in [9.17, 15) is 9.90 Å². The number of benzene rings is 2. The summed E-state index contributed by atoms with van der Waals surface area (Å²) in [5, 5.41) is 10.9. The molecule has 3 aromatic rings. The third-order valence-electron chi connectivity index (χ3n) is 3.33. The molecule has 0 aliphatic heterocycles. The topological polar surface area (TPSA) is 55.8 Å². The lowest BCUT2D eigenvalue weighted by Crippen LogP contribution is -2.06. The predicted octanol–water partition coefficient (Wildman–Crippen LogP) is 3.54. The van der Waals surface area contributed by atoms with Gasteiger partial charge in [0.05, 0.1) is 6.61 Å². The molecule has 4 nitrogen and oxygen atoms in total. The van der Waals surface area contributed by atoms with Crippen LogP contribution in [0.15, 0.2) is 41.2 Å². The third-order valence-corrected chi connectivity index (χ3v) is 4.44. The molecule has 3 rings (SSSR count).